The van der Waals surface area contributed by atoms with Crippen molar-refractivity contribution in [3.05, 3.63) is 17.9 Å². The highest BCUT2D eigenvalue weighted by molar-refractivity contribution is 5.90. The molecule has 130 valence electrons. The van der Waals surface area contributed by atoms with Gasteiger partial charge in [-0.15, -0.1) is 0 Å². The number of aromatic amines is 1. The summed E-state index contributed by atoms with van der Waals surface area (Å²) in [5.41, 5.74) is 6.26. The van der Waals surface area contributed by atoms with Crippen molar-refractivity contribution in [1.82, 2.24) is 10.2 Å². The third-order valence-electron chi connectivity index (χ3n) is 5.89. The first kappa shape index (κ1) is 15.7. The van der Waals surface area contributed by atoms with Gasteiger partial charge < -0.3 is 10.5 Å². The molecule has 2 atom stereocenters. The molecule has 3 N–H and O–H groups in total. The molecule has 1 heterocycles. The zero-order valence-electron chi connectivity index (χ0n) is 14.1. The van der Waals surface area contributed by atoms with Crippen LogP contribution in [-0.4, -0.2) is 16.8 Å². The maximum atomic E-state index is 14.1. The van der Waals surface area contributed by atoms with E-state index in [0.717, 1.165) is 11.8 Å². The smallest absolute Gasteiger partial charge is 0.156 e. The van der Waals surface area contributed by atoms with Crippen LogP contribution >= 0.6 is 0 Å². The third kappa shape index (κ3) is 3.21. The van der Waals surface area contributed by atoms with Crippen LogP contribution in [0.25, 0.3) is 10.9 Å². The normalized spacial score (nSPS) is 24.9. The summed E-state index contributed by atoms with van der Waals surface area (Å²) in [7, 11) is 0. The van der Waals surface area contributed by atoms with Crippen molar-refractivity contribution >= 4 is 16.7 Å². The molecule has 5 heteroatoms. The SMILES string of the molecule is Nc1n[nH]c2cc(OC[C@@H]3CCCC(CC4CCC4)C3)cc(F)c12. The number of rotatable bonds is 5. The van der Waals surface area contributed by atoms with E-state index in [1.807, 2.05) is 0 Å². The second-order valence-electron chi connectivity index (χ2n) is 7.68. The minimum absolute atomic E-state index is 0.195. The maximum absolute atomic E-state index is 14.1. The van der Waals surface area contributed by atoms with Crippen LogP contribution in [0.15, 0.2) is 12.1 Å². The lowest BCUT2D eigenvalue weighted by atomic mass is 9.72. The average Bonchev–Trinajstić information content (AvgIpc) is 2.91. The lowest BCUT2D eigenvalue weighted by molar-refractivity contribution is 0.145. The van der Waals surface area contributed by atoms with E-state index in [1.165, 1.54) is 57.4 Å². The van der Waals surface area contributed by atoms with Crippen molar-refractivity contribution < 1.29 is 9.13 Å². The van der Waals surface area contributed by atoms with Crippen molar-refractivity contribution in [2.24, 2.45) is 17.8 Å². The summed E-state index contributed by atoms with van der Waals surface area (Å²) in [6, 6.07) is 3.21. The largest absolute Gasteiger partial charge is 0.493 e. The molecule has 1 aromatic carbocycles. The van der Waals surface area contributed by atoms with Crippen LogP contribution < -0.4 is 10.5 Å². The number of hydrogen-bond acceptors (Lipinski definition) is 3. The molecule has 2 fully saturated rings. The van der Waals surface area contributed by atoms with Gasteiger partial charge in [-0.1, -0.05) is 32.1 Å². The number of anilines is 1. The van der Waals surface area contributed by atoms with Crippen LogP contribution in [0.2, 0.25) is 0 Å². The topological polar surface area (TPSA) is 63.9 Å². The van der Waals surface area contributed by atoms with Gasteiger partial charge in [-0.05, 0) is 37.0 Å². The molecule has 2 saturated carbocycles. The fourth-order valence-electron chi connectivity index (χ4n) is 4.37. The van der Waals surface area contributed by atoms with E-state index in [2.05, 4.69) is 10.2 Å². The first-order chi connectivity index (χ1) is 11.7. The van der Waals surface area contributed by atoms with Gasteiger partial charge in [0.05, 0.1) is 17.5 Å². The molecule has 0 amide bonds. The number of H-pyrrole nitrogens is 1. The predicted molar refractivity (Wildman–Crippen MR) is 93.4 cm³/mol. The lowest BCUT2D eigenvalue weighted by Crippen LogP contribution is -2.24. The van der Waals surface area contributed by atoms with E-state index in [0.29, 0.717) is 29.2 Å². The lowest BCUT2D eigenvalue weighted by Gasteiger charge is -2.34. The van der Waals surface area contributed by atoms with Gasteiger partial charge in [-0.25, -0.2) is 4.39 Å². The fraction of sp³-hybridized carbons (Fsp3) is 0.632. The van der Waals surface area contributed by atoms with Crippen molar-refractivity contribution in [3.8, 4) is 5.75 Å². The molecule has 0 bridgehead atoms. The molecule has 2 aliphatic carbocycles. The quantitative estimate of drug-likeness (QED) is 0.837. The number of ether oxygens (including phenoxy) is 1. The van der Waals surface area contributed by atoms with Gasteiger partial charge in [0.1, 0.15) is 11.6 Å². The number of hydrogen-bond donors (Lipinski definition) is 2. The van der Waals surface area contributed by atoms with Crippen molar-refractivity contribution in [1.29, 1.82) is 0 Å². The molecule has 0 spiro atoms. The minimum Gasteiger partial charge on any atom is -0.493 e. The number of nitrogens with two attached hydrogens (primary N) is 1. The van der Waals surface area contributed by atoms with Crippen LogP contribution in [0.4, 0.5) is 10.2 Å². The molecule has 1 aromatic heterocycles. The van der Waals surface area contributed by atoms with Gasteiger partial charge in [0.15, 0.2) is 5.82 Å². The Bertz CT molecular complexity index is 710. The van der Waals surface area contributed by atoms with Crippen molar-refractivity contribution in [2.45, 2.75) is 51.4 Å². The van der Waals surface area contributed by atoms with Crippen LogP contribution in [-0.2, 0) is 0 Å². The Kier molecular flexibility index (Phi) is 4.33. The molecule has 4 nitrogen and oxygen atoms in total. The van der Waals surface area contributed by atoms with E-state index >= 15 is 0 Å². The summed E-state index contributed by atoms with van der Waals surface area (Å²) in [4.78, 5) is 0. The predicted octanol–water partition coefficient (Wildman–Crippen LogP) is 4.66. The summed E-state index contributed by atoms with van der Waals surface area (Å²) >= 11 is 0. The Labute approximate surface area is 141 Å². The summed E-state index contributed by atoms with van der Waals surface area (Å²) in [6.45, 7) is 0.676. The molecule has 2 aromatic rings. The Morgan fingerprint density at radius 1 is 1.12 bits per heavy atom. The van der Waals surface area contributed by atoms with Crippen LogP contribution in [0.3, 0.4) is 0 Å². The van der Waals surface area contributed by atoms with E-state index in [1.54, 1.807) is 6.07 Å². The van der Waals surface area contributed by atoms with Crippen LogP contribution in [0.1, 0.15) is 51.4 Å². The zero-order valence-corrected chi connectivity index (χ0v) is 14.1. The fourth-order valence-corrected chi connectivity index (χ4v) is 4.37. The Balaban J connectivity index is 1.35. The molecule has 2 aliphatic rings. The van der Waals surface area contributed by atoms with Crippen molar-refractivity contribution in [3.63, 3.8) is 0 Å². The van der Waals surface area contributed by atoms with E-state index in [4.69, 9.17) is 10.5 Å². The monoisotopic (exact) mass is 331 g/mol. The van der Waals surface area contributed by atoms with Gasteiger partial charge in [0.25, 0.3) is 0 Å². The average molecular weight is 331 g/mol. The second-order valence-corrected chi connectivity index (χ2v) is 7.68. The van der Waals surface area contributed by atoms with E-state index < -0.39 is 0 Å². The van der Waals surface area contributed by atoms with Gasteiger partial charge in [0, 0.05) is 12.1 Å². The molecule has 24 heavy (non-hydrogen) atoms. The van der Waals surface area contributed by atoms with Gasteiger partial charge >= 0.3 is 0 Å². The van der Waals surface area contributed by atoms with Gasteiger partial charge in [-0.2, -0.15) is 5.10 Å². The second kappa shape index (κ2) is 6.61. The zero-order chi connectivity index (χ0) is 16.5. The summed E-state index contributed by atoms with van der Waals surface area (Å²) in [6.07, 6.45) is 10.9. The molecule has 0 radical (unpaired) electrons. The number of nitrogens with one attached hydrogen (secondary N) is 1. The van der Waals surface area contributed by atoms with E-state index in [-0.39, 0.29) is 11.6 Å². The standard InChI is InChI=1S/C19H26FN3O/c20-16-9-15(10-17-18(16)19(21)23-22-17)24-11-14-6-2-5-13(8-14)7-12-3-1-4-12/h9-10,12-14H,1-8,11H2,(H3,21,22,23)/t13?,14-/m1/s1. The van der Waals surface area contributed by atoms with Gasteiger partial charge in [0.2, 0.25) is 0 Å². The van der Waals surface area contributed by atoms with Crippen molar-refractivity contribution in [2.75, 3.05) is 12.3 Å². The summed E-state index contributed by atoms with van der Waals surface area (Å²) in [5.74, 6) is 2.82. The minimum atomic E-state index is -0.375. The number of halogens is 1. The Morgan fingerprint density at radius 2 is 1.88 bits per heavy atom. The highest BCUT2D eigenvalue weighted by atomic mass is 19.1. The molecular formula is C19H26FN3O. The number of nitrogen functional groups attached to an aromatic ring is 1. The van der Waals surface area contributed by atoms with Crippen LogP contribution in [0, 0.1) is 23.6 Å². The maximum Gasteiger partial charge on any atom is 0.156 e. The molecule has 0 saturated heterocycles. The number of fused-ring (bicyclic) bond motifs is 1. The molecule has 0 aliphatic heterocycles. The third-order valence-corrected chi connectivity index (χ3v) is 5.89. The molecule has 1 unspecified atom stereocenters. The number of aromatic nitrogens is 2. The number of benzene rings is 1. The van der Waals surface area contributed by atoms with E-state index in [9.17, 15) is 4.39 Å². The Hall–Kier alpha value is -1.78. The highest BCUT2D eigenvalue weighted by Gasteiger charge is 2.27. The summed E-state index contributed by atoms with van der Waals surface area (Å²) in [5, 5.41) is 6.96. The van der Waals surface area contributed by atoms with Gasteiger partial charge in [-0.3, -0.25) is 5.10 Å². The first-order valence-corrected chi connectivity index (χ1v) is 9.25. The molecular weight excluding hydrogens is 305 g/mol. The van der Waals surface area contributed by atoms with Crippen LogP contribution in [0.5, 0.6) is 5.75 Å². The highest BCUT2D eigenvalue weighted by Crippen LogP contribution is 2.39. The Morgan fingerprint density at radius 3 is 2.67 bits per heavy atom. The number of nitrogens with zero attached hydrogens (tertiary/aromatic N) is 1. The first-order valence-electron chi connectivity index (χ1n) is 9.25. The summed E-state index contributed by atoms with van der Waals surface area (Å²) < 4.78 is 20.0. The molecule has 4 rings (SSSR count).